The van der Waals surface area contributed by atoms with E-state index in [1.165, 1.54) is 0 Å². The fourth-order valence-electron chi connectivity index (χ4n) is 3.52. The van der Waals surface area contributed by atoms with E-state index in [2.05, 4.69) is 15.5 Å². The normalized spacial score (nSPS) is 21.4. The van der Waals surface area contributed by atoms with Crippen LogP contribution in [0.4, 0.5) is 15.0 Å². The Bertz CT molecular complexity index is 970. The number of alkyl halides is 1. The maximum atomic E-state index is 13.5. The molecule has 4 rings (SSSR count). The lowest BCUT2D eigenvalue weighted by Crippen LogP contribution is -2.55. The minimum Gasteiger partial charge on any atom is -0.465 e. The number of nitrogen functional groups attached to an aromatic ring is 1. The van der Waals surface area contributed by atoms with Crippen LogP contribution in [-0.2, 0) is 5.54 Å². The van der Waals surface area contributed by atoms with Gasteiger partial charge in [-0.15, -0.1) is 10.2 Å². The summed E-state index contributed by atoms with van der Waals surface area (Å²) in [5, 5.41) is 23.8. The lowest BCUT2D eigenvalue weighted by molar-refractivity contribution is 0.0640. The molecule has 0 saturated heterocycles. The Morgan fingerprint density at radius 2 is 1.96 bits per heavy atom. The van der Waals surface area contributed by atoms with E-state index in [-0.39, 0.29) is 12.8 Å². The van der Waals surface area contributed by atoms with Crippen LogP contribution in [0.3, 0.4) is 0 Å². The van der Waals surface area contributed by atoms with Gasteiger partial charge >= 0.3 is 6.09 Å². The topological polar surface area (TPSA) is 101 Å². The zero-order chi connectivity index (χ0) is 19.0. The average molecular weight is 384 g/mol. The molecule has 1 aliphatic rings. The standard InChI is InChI=1S/C19H17FN4O2S/c20-14-8-19(9-14,22-18(25)26)13-3-1-11(2-4-13)17-15(7-16(21)23-24-17)12-5-6-27-10-12/h1-7,10,14,22H,8-9H2,(H2,21,23)(H,25,26). The van der Waals surface area contributed by atoms with Crippen molar-refractivity contribution in [2.24, 2.45) is 0 Å². The number of thiophene rings is 1. The molecule has 1 saturated carbocycles. The third-order valence-electron chi connectivity index (χ3n) is 4.84. The minimum absolute atomic E-state index is 0.139. The molecule has 3 aromatic rings. The highest BCUT2D eigenvalue weighted by atomic mass is 32.1. The summed E-state index contributed by atoms with van der Waals surface area (Å²) in [5.74, 6) is 0.338. The monoisotopic (exact) mass is 384 g/mol. The summed E-state index contributed by atoms with van der Waals surface area (Å²) < 4.78 is 13.5. The molecule has 0 bridgehead atoms. The Morgan fingerprint density at radius 3 is 2.56 bits per heavy atom. The second-order valence-electron chi connectivity index (χ2n) is 6.64. The quantitative estimate of drug-likeness (QED) is 0.630. The summed E-state index contributed by atoms with van der Waals surface area (Å²) in [4.78, 5) is 11.1. The number of benzene rings is 1. The molecule has 1 fully saturated rings. The second kappa shape index (κ2) is 6.62. The van der Waals surface area contributed by atoms with Gasteiger partial charge in [-0.25, -0.2) is 9.18 Å². The molecular weight excluding hydrogens is 367 g/mol. The van der Waals surface area contributed by atoms with Crippen molar-refractivity contribution in [3.8, 4) is 22.4 Å². The predicted octanol–water partition coefficient (Wildman–Crippen LogP) is 4.05. The summed E-state index contributed by atoms with van der Waals surface area (Å²) in [6.07, 6.45) is -1.87. The van der Waals surface area contributed by atoms with Gasteiger partial charge in [0.25, 0.3) is 0 Å². The lowest BCUT2D eigenvalue weighted by atomic mass is 9.70. The SMILES string of the molecule is Nc1cc(-c2ccsc2)c(-c2ccc(C3(NC(=O)O)CC(F)C3)cc2)nn1. The number of aromatic nitrogens is 2. The first-order valence-corrected chi connectivity index (χ1v) is 9.33. The molecule has 27 heavy (non-hydrogen) atoms. The molecule has 2 aromatic heterocycles. The average Bonchev–Trinajstić information content (AvgIpc) is 3.14. The third-order valence-corrected chi connectivity index (χ3v) is 5.53. The van der Waals surface area contributed by atoms with Gasteiger partial charge in [-0.3, -0.25) is 0 Å². The summed E-state index contributed by atoms with van der Waals surface area (Å²) in [7, 11) is 0. The first kappa shape index (κ1) is 17.4. The number of hydrogen-bond donors (Lipinski definition) is 3. The highest BCUT2D eigenvalue weighted by Gasteiger charge is 2.47. The maximum absolute atomic E-state index is 13.5. The molecule has 138 valence electrons. The van der Waals surface area contributed by atoms with Crippen molar-refractivity contribution < 1.29 is 14.3 Å². The van der Waals surface area contributed by atoms with Crippen LogP contribution in [0.25, 0.3) is 22.4 Å². The molecule has 0 unspecified atom stereocenters. The molecule has 1 aromatic carbocycles. The van der Waals surface area contributed by atoms with E-state index in [9.17, 15) is 9.18 Å². The predicted molar refractivity (Wildman–Crippen MR) is 102 cm³/mol. The molecule has 0 atom stereocenters. The maximum Gasteiger partial charge on any atom is 0.405 e. The summed E-state index contributed by atoms with van der Waals surface area (Å²) in [5.41, 5.74) is 9.07. The van der Waals surface area contributed by atoms with Gasteiger partial charge in [0.2, 0.25) is 0 Å². The smallest absolute Gasteiger partial charge is 0.405 e. The van der Waals surface area contributed by atoms with Crippen LogP contribution in [0.5, 0.6) is 0 Å². The zero-order valence-electron chi connectivity index (χ0n) is 14.2. The van der Waals surface area contributed by atoms with Crippen molar-refractivity contribution >= 4 is 23.2 Å². The second-order valence-corrected chi connectivity index (χ2v) is 7.42. The molecule has 1 amide bonds. The number of nitrogens with zero attached hydrogens (tertiary/aromatic N) is 2. The van der Waals surface area contributed by atoms with Crippen molar-refractivity contribution in [2.45, 2.75) is 24.6 Å². The Hall–Kier alpha value is -3.00. The highest BCUT2D eigenvalue weighted by Crippen LogP contribution is 2.44. The summed E-state index contributed by atoms with van der Waals surface area (Å²) >= 11 is 1.58. The van der Waals surface area contributed by atoms with Crippen molar-refractivity contribution in [1.29, 1.82) is 0 Å². The minimum atomic E-state index is -1.16. The van der Waals surface area contributed by atoms with Crippen LogP contribution in [0.15, 0.2) is 47.2 Å². The van der Waals surface area contributed by atoms with Gasteiger partial charge in [0.1, 0.15) is 17.7 Å². The molecule has 6 nitrogen and oxygen atoms in total. The molecule has 0 aliphatic heterocycles. The van der Waals surface area contributed by atoms with Crippen molar-refractivity contribution in [1.82, 2.24) is 15.5 Å². The molecule has 1 aliphatic carbocycles. The lowest BCUT2D eigenvalue weighted by Gasteiger charge is -2.44. The van der Waals surface area contributed by atoms with Crippen LogP contribution >= 0.6 is 11.3 Å². The number of nitrogens with two attached hydrogens (primary N) is 1. The van der Waals surface area contributed by atoms with E-state index >= 15 is 0 Å². The number of nitrogens with one attached hydrogen (secondary N) is 1. The zero-order valence-corrected chi connectivity index (χ0v) is 15.0. The van der Waals surface area contributed by atoms with E-state index in [0.29, 0.717) is 11.5 Å². The van der Waals surface area contributed by atoms with E-state index in [1.807, 2.05) is 41.1 Å². The molecule has 2 heterocycles. The Labute approximate surface area is 158 Å². The Kier molecular flexibility index (Phi) is 4.27. The fourth-order valence-corrected chi connectivity index (χ4v) is 4.17. The number of carbonyl (C=O) groups is 1. The van der Waals surface area contributed by atoms with Crippen molar-refractivity contribution in [2.75, 3.05) is 5.73 Å². The largest absolute Gasteiger partial charge is 0.465 e. The van der Waals surface area contributed by atoms with Crippen LogP contribution in [0, 0.1) is 0 Å². The number of anilines is 1. The molecular formula is C19H17FN4O2S. The number of amides is 1. The molecule has 8 heteroatoms. The van der Waals surface area contributed by atoms with Gasteiger partial charge in [-0.1, -0.05) is 24.3 Å². The van der Waals surface area contributed by atoms with E-state index in [0.717, 1.165) is 22.3 Å². The number of halogens is 1. The van der Waals surface area contributed by atoms with Gasteiger partial charge in [0.15, 0.2) is 0 Å². The van der Waals surface area contributed by atoms with Crippen LogP contribution in [0.1, 0.15) is 18.4 Å². The van der Waals surface area contributed by atoms with E-state index in [1.54, 1.807) is 17.4 Å². The van der Waals surface area contributed by atoms with Gasteiger partial charge < -0.3 is 16.2 Å². The molecule has 4 N–H and O–H groups in total. The van der Waals surface area contributed by atoms with Crippen LogP contribution < -0.4 is 11.1 Å². The fraction of sp³-hybridized carbons (Fsp3) is 0.211. The molecule has 0 radical (unpaired) electrons. The van der Waals surface area contributed by atoms with Crippen LogP contribution in [-0.4, -0.2) is 27.6 Å². The number of rotatable bonds is 4. The van der Waals surface area contributed by atoms with Gasteiger partial charge in [0, 0.05) is 24.0 Å². The Morgan fingerprint density at radius 1 is 1.22 bits per heavy atom. The Balaban J connectivity index is 1.70. The number of hydrogen-bond acceptors (Lipinski definition) is 5. The summed E-state index contributed by atoms with van der Waals surface area (Å²) in [6.45, 7) is 0. The third kappa shape index (κ3) is 3.23. The molecule has 0 spiro atoms. The van der Waals surface area contributed by atoms with E-state index < -0.39 is 17.8 Å². The van der Waals surface area contributed by atoms with E-state index in [4.69, 9.17) is 10.8 Å². The van der Waals surface area contributed by atoms with Crippen molar-refractivity contribution in [3.05, 3.63) is 52.7 Å². The first-order chi connectivity index (χ1) is 13.0. The van der Waals surface area contributed by atoms with Crippen LogP contribution in [0.2, 0.25) is 0 Å². The van der Waals surface area contributed by atoms with Crippen molar-refractivity contribution in [3.63, 3.8) is 0 Å². The number of carboxylic acid groups (broad SMARTS) is 1. The first-order valence-electron chi connectivity index (χ1n) is 8.39. The van der Waals surface area contributed by atoms with Gasteiger partial charge in [0.05, 0.1) is 5.54 Å². The summed E-state index contributed by atoms with van der Waals surface area (Å²) in [6, 6.07) is 11.1. The van der Waals surface area contributed by atoms with Gasteiger partial charge in [-0.2, -0.15) is 11.3 Å². The highest BCUT2D eigenvalue weighted by molar-refractivity contribution is 7.08. The van der Waals surface area contributed by atoms with Gasteiger partial charge in [-0.05, 0) is 34.0 Å².